The van der Waals surface area contributed by atoms with Gasteiger partial charge >= 0.3 is 0 Å². The van der Waals surface area contributed by atoms with Crippen LogP contribution in [0.1, 0.15) is 15.9 Å². The Hall–Kier alpha value is -3.10. The predicted octanol–water partition coefficient (Wildman–Crippen LogP) is 2.13. The summed E-state index contributed by atoms with van der Waals surface area (Å²) in [4.78, 5) is 37.5. The first-order valence-electron chi connectivity index (χ1n) is 8.76. The second kappa shape index (κ2) is 10.4. The van der Waals surface area contributed by atoms with Crippen LogP contribution in [0.2, 0.25) is 5.02 Å². The lowest BCUT2D eigenvalue weighted by Gasteiger charge is -2.13. The van der Waals surface area contributed by atoms with Crippen molar-refractivity contribution in [1.82, 2.24) is 10.9 Å². The number of hydrazine groups is 1. The monoisotopic (exact) mass is 418 g/mol. The molecule has 9 heteroatoms. The molecule has 0 fully saturated rings. The van der Waals surface area contributed by atoms with Crippen LogP contribution in [0, 0.1) is 6.92 Å². The van der Waals surface area contributed by atoms with Gasteiger partial charge in [-0.15, -0.1) is 0 Å². The minimum atomic E-state index is -0.588. The fourth-order valence-electron chi connectivity index (χ4n) is 2.25. The van der Waals surface area contributed by atoms with E-state index in [1.807, 2.05) is 25.9 Å². The van der Waals surface area contributed by atoms with Crippen molar-refractivity contribution in [2.45, 2.75) is 6.92 Å². The summed E-state index contributed by atoms with van der Waals surface area (Å²) in [6.45, 7) is 1.15. The lowest BCUT2D eigenvalue weighted by molar-refractivity contribution is -0.129. The Labute approximate surface area is 174 Å². The molecule has 0 radical (unpaired) electrons. The largest absolute Gasteiger partial charge is 0.378 e. The number of aryl methyl sites for hydroxylation is 1. The molecule has 8 nitrogen and oxygen atoms in total. The number of nitrogens with one attached hydrogen (secondary N) is 3. The van der Waals surface area contributed by atoms with E-state index in [2.05, 4.69) is 16.2 Å². The van der Waals surface area contributed by atoms with Crippen LogP contribution in [0.3, 0.4) is 0 Å². The highest BCUT2D eigenvalue weighted by Gasteiger charge is 2.09. The van der Waals surface area contributed by atoms with Crippen LogP contribution in [0.15, 0.2) is 42.5 Å². The molecule has 0 spiro atoms. The van der Waals surface area contributed by atoms with Crippen molar-refractivity contribution in [3.8, 4) is 0 Å². The third-order valence-electron chi connectivity index (χ3n) is 3.88. The molecular weight excluding hydrogens is 396 g/mol. The zero-order chi connectivity index (χ0) is 21.4. The minimum absolute atomic E-state index is 0.321. The summed E-state index contributed by atoms with van der Waals surface area (Å²) in [5, 5.41) is 3.15. The first kappa shape index (κ1) is 22.2. The Morgan fingerprint density at radius 3 is 2.24 bits per heavy atom. The number of hydrogen-bond acceptors (Lipinski definition) is 5. The Morgan fingerprint density at radius 2 is 1.62 bits per heavy atom. The third-order valence-corrected chi connectivity index (χ3v) is 4.29. The van der Waals surface area contributed by atoms with Crippen molar-refractivity contribution in [3.63, 3.8) is 0 Å². The van der Waals surface area contributed by atoms with Crippen molar-refractivity contribution in [3.05, 3.63) is 58.6 Å². The van der Waals surface area contributed by atoms with Gasteiger partial charge in [0.1, 0.15) is 13.2 Å². The number of carbonyl (C=O) groups is 3. The number of benzene rings is 2. The molecule has 0 saturated heterocycles. The fraction of sp³-hybridized carbons (Fsp3) is 0.250. The molecule has 2 aromatic carbocycles. The van der Waals surface area contributed by atoms with Crippen LogP contribution in [-0.2, 0) is 14.3 Å². The number of hydrogen-bond donors (Lipinski definition) is 3. The first-order chi connectivity index (χ1) is 13.8. The summed E-state index contributed by atoms with van der Waals surface area (Å²) in [6.07, 6.45) is 0. The zero-order valence-corrected chi connectivity index (χ0v) is 17.2. The van der Waals surface area contributed by atoms with Gasteiger partial charge in [0.25, 0.3) is 11.8 Å². The van der Waals surface area contributed by atoms with Crippen LogP contribution < -0.4 is 21.1 Å². The Balaban J connectivity index is 1.69. The summed E-state index contributed by atoms with van der Waals surface area (Å²) in [5.41, 5.74) is 7.30. The standard InChI is InChI=1S/C20H23ClN4O4/c1-13-4-7-15(10-17(13)21)22-18(26)11-29-12-19(27)23-24-20(28)14-5-8-16(9-6-14)25(2)3/h4-10H,11-12H2,1-3H3,(H,22,26)(H,23,27)(H,24,28). The maximum absolute atomic E-state index is 12.0. The quantitative estimate of drug-likeness (QED) is 0.598. The summed E-state index contributed by atoms with van der Waals surface area (Å²) >= 11 is 6.00. The molecule has 29 heavy (non-hydrogen) atoms. The van der Waals surface area contributed by atoms with Gasteiger partial charge in [0, 0.05) is 36.1 Å². The summed E-state index contributed by atoms with van der Waals surface area (Å²) in [7, 11) is 3.79. The lowest BCUT2D eigenvalue weighted by atomic mass is 10.2. The summed E-state index contributed by atoms with van der Waals surface area (Å²) in [6, 6.07) is 12.0. The van der Waals surface area contributed by atoms with Gasteiger partial charge in [-0.1, -0.05) is 17.7 Å². The molecule has 0 aliphatic carbocycles. The van der Waals surface area contributed by atoms with Gasteiger partial charge in [-0.25, -0.2) is 0 Å². The van der Waals surface area contributed by atoms with Crippen LogP contribution in [-0.4, -0.2) is 45.0 Å². The van der Waals surface area contributed by atoms with E-state index in [1.54, 1.807) is 42.5 Å². The third kappa shape index (κ3) is 7.10. The van der Waals surface area contributed by atoms with Crippen molar-refractivity contribution in [2.24, 2.45) is 0 Å². The molecule has 3 N–H and O–H groups in total. The van der Waals surface area contributed by atoms with Gasteiger partial charge in [0.05, 0.1) is 0 Å². The molecule has 0 bridgehead atoms. The molecule has 3 amide bonds. The van der Waals surface area contributed by atoms with Crippen molar-refractivity contribution in [1.29, 1.82) is 0 Å². The molecule has 0 saturated carbocycles. The maximum atomic E-state index is 12.0. The molecule has 0 aliphatic heterocycles. The molecule has 2 rings (SSSR count). The smallest absolute Gasteiger partial charge is 0.269 e. The molecule has 2 aromatic rings. The molecule has 154 valence electrons. The highest BCUT2D eigenvalue weighted by molar-refractivity contribution is 6.31. The number of halogens is 1. The number of anilines is 2. The van der Waals surface area contributed by atoms with Crippen molar-refractivity contribution < 1.29 is 19.1 Å². The molecule has 0 aliphatic rings. The molecule has 0 aromatic heterocycles. The van der Waals surface area contributed by atoms with Crippen LogP contribution in [0.25, 0.3) is 0 Å². The Kier molecular flexibility index (Phi) is 7.99. The summed E-state index contributed by atoms with van der Waals surface area (Å²) in [5.74, 6) is -1.48. The number of nitrogens with zero attached hydrogens (tertiary/aromatic N) is 1. The normalized spacial score (nSPS) is 10.2. The van der Waals surface area contributed by atoms with E-state index < -0.39 is 17.7 Å². The Bertz CT molecular complexity index is 885. The number of ether oxygens (including phenoxy) is 1. The number of carbonyl (C=O) groups excluding carboxylic acids is 3. The highest BCUT2D eigenvalue weighted by atomic mass is 35.5. The Morgan fingerprint density at radius 1 is 0.966 bits per heavy atom. The average molecular weight is 419 g/mol. The van der Waals surface area contributed by atoms with Crippen molar-refractivity contribution in [2.75, 3.05) is 37.5 Å². The van der Waals surface area contributed by atoms with Gasteiger partial charge in [0.15, 0.2) is 0 Å². The molecular formula is C20H23ClN4O4. The average Bonchev–Trinajstić information content (AvgIpc) is 2.69. The topological polar surface area (TPSA) is 99.8 Å². The van der Waals surface area contributed by atoms with Crippen molar-refractivity contribution >= 4 is 40.7 Å². The summed E-state index contributed by atoms with van der Waals surface area (Å²) < 4.78 is 5.05. The SMILES string of the molecule is Cc1ccc(NC(=O)COCC(=O)NNC(=O)c2ccc(N(C)C)cc2)cc1Cl. The number of amides is 3. The molecule has 0 heterocycles. The lowest BCUT2D eigenvalue weighted by Crippen LogP contribution is -2.43. The predicted molar refractivity (Wildman–Crippen MR) is 112 cm³/mol. The fourth-order valence-corrected chi connectivity index (χ4v) is 2.43. The second-order valence-corrected chi connectivity index (χ2v) is 6.86. The van der Waals surface area contributed by atoms with Gasteiger partial charge in [-0.2, -0.15) is 0 Å². The zero-order valence-electron chi connectivity index (χ0n) is 16.4. The number of rotatable bonds is 7. The van der Waals surface area contributed by atoms with Crippen LogP contribution in [0.4, 0.5) is 11.4 Å². The second-order valence-electron chi connectivity index (χ2n) is 6.45. The molecule has 0 unspecified atom stereocenters. The van der Waals surface area contributed by atoms with E-state index in [1.165, 1.54) is 0 Å². The first-order valence-corrected chi connectivity index (χ1v) is 9.14. The van der Waals surface area contributed by atoms with E-state index in [-0.39, 0.29) is 13.2 Å². The van der Waals surface area contributed by atoms with Gasteiger partial charge < -0.3 is 15.0 Å². The highest BCUT2D eigenvalue weighted by Crippen LogP contribution is 2.19. The van der Waals surface area contributed by atoms with E-state index in [9.17, 15) is 14.4 Å². The van der Waals surface area contributed by atoms with Gasteiger partial charge in [-0.05, 0) is 48.9 Å². The van der Waals surface area contributed by atoms with Gasteiger partial charge in [-0.3, -0.25) is 25.2 Å². The minimum Gasteiger partial charge on any atom is -0.378 e. The van der Waals surface area contributed by atoms with E-state index in [0.29, 0.717) is 16.3 Å². The van der Waals surface area contributed by atoms with E-state index >= 15 is 0 Å². The van der Waals surface area contributed by atoms with E-state index in [0.717, 1.165) is 11.3 Å². The maximum Gasteiger partial charge on any atom is 0.269 e. The van der Waals surface area contributed by atoms with Gasteiger partial charge in [0.2, 0.25) is 5.91 Å². The molecule has 0 atom stereocenters. The van der Waals surface area contributed by atoms with Crippen LogP contribution >= 0.6 is 11.6 Å². The van der Waals surface area contributed by atoms with E-state index in [4.69, 9.17) is 16.3 Å². The van der Waals surface area contributed by atoms with Crippen LogP contribution in [0.5, 0.6) is 0 Å².